The first-order valence-corrected chi connectivity index (χ1v) is 11.7. The minimum Gasteiger partial charge on any atom is -0.182 e. The first-order chi connectivity index (χ1) is 13.0. The lowest BCUT2D eigenvalue weighted by Gasteiger charge is -2.46. The lowest BCUT2D eigenvalue weighted by atomic mass is 9.99. The number of hydrogen-bond acceptors (Lipinski definition) is 0. The number of rotatable bonds is 2. The van der Waals surface area contributed by atoms with Gasteiger partial charge >= 0.3 is 0 Å². The molecule has 1 heterocycles. The van der Waals surface area contributed by atoms with Crippen LogP contribution in [0.5, 0.6) is 0 Å². The Bertz CT molecular complexity index is 1090. The average Bonchev–Trinajstić information content (AvgIpc) is 2.94. The zero-order valence-electron chi connectivity index (χ0n) is 16.5. The fraction of sp³-hybridized carbons (Fsp3) is 0.231. The molecule has 0 radical (unpaired) electrons. The molecule has 0 atom stereocenters. The van der Waals surface area contributed by atoms with Crippen molar-refractivity contribution in [2.24, 2.45) is 0 Å². The highest BCUT2D eigenvalue weighted by Gasteiger charge is 2.43. The van der Waals surface area contributed by atoms with E-state index >= 15 is 0 Å². The lowest BCUT2D eigenvalue weighted by molar-refractivity contribution is 0.996. The van der Waals surface area contributed by atoms with Crippen LogP contribution in [-0.2, 0) is 0 Å². The van der Waals surface area contributed by atoms with E-state index in [0.29, 0.717) is 10.5 Å². The normalized spacial score (nSPS) is 16.1. The summed E-state index contributed by atoms with van der Waals surface area (Å²) >= 11 is 0. The van der Waals surface area contributed by atoms with Gasteiger partial charge in [0.1, 0.15) is 0 Å². The molecule has 0 saturated heterocycles. The molecular weight excluding hydrogens is 344 g/mol. The van der Waals surface area contributed by atoms with E-state index in [1.807, 2.05) is 0 Å². The summed E-state index contributed by atoms with van der Waals surface area (Å²) in [6.45, 7) is 9.72. The van der Waals surface area contributed by atoms with Gasteiger partial charge in [-0.05, 0) is 67.4 Å². The first-order valence-electron chi connectivity index (χ1n) is 9.90. The summed E-state index contributed by atoms with van der Waals surface area (Å²) in [5, 5.41) is 6.65. The van der Waals surface area contributed by atoms with Crippen molar-refractivity contribution in [1.82, 2.24) is 0 Å². The van der Waals surface area contributed by atoms with Gasteiger partial charge in [0.15, 0.2) is 0 Å². The zero-order valence-corrected chi connectivity index (χ0v) is 17.3. The zero-order chi connectivity index (χ0) is 18.8. The monoisotopic (exact) mass is 370 g/mol. The van der Waals surface area contributed by atoms with Gasteiger partial charge in [-0.3, -0.25) is 0 Å². The van der Waals surface area contributed by atoms with Gasteiger partial charge < -0.3 is 0 Å². The Morgan fingerprint density at radius 1 is 0.519 bits per heavy atom. The molecule has 1 aliphatic rings. The molecule has 136 valence electrons. The van der Waals surface area contributed by atoms with E-state index in [2.05, 4.69) is 100 Å². The molecule has 0 N–H and O–H groups in total. The Labute approximate surface area is 163 Å². The average molecular weight is 371 g/mol. The van der Waals surface area contributed by atoms with E-state index in [9.17, 15) is 0 Å². The van der Waals surface area contributed by atoms with E-state index in [-0.39, 0.29) is 0 Å². The quantitative estimate of drug-likeness (QED) is 0.335. The fourth-order valence-electron chi connectivity index (χ4n) is 5.10. The second kappa shape index (κ2) is 5.87. The van der Waals surface area contributed by atoms with E-state index < -0.39 is 10.0 Å². The number of benzene rings is 4. The van der Waals surface area contributed by atoms with Crippen LogP contribution in [-0.4, -0.2) is 10.5 Å². The molecule has 0 aromatic heterocycles. The Kier molecular flexibility index (Phi) is 3.67. The molecule has 0 amide bonds. The summed E-state index contributed by atoms with van der Waals surface area (Å²) in [7, 11) is -1.10. The van der Waals surface area contributed by atoms with Crippen LogP contribution in [0.2, 0.25) is 0 Å². The highest BCUT2D eigenvalue weighted by Crippen LogP contribution is 2.76. The van der Waals surface area contributed by atoms with Crippen molar-refractivity contribution in [2.75, 3.05) is 0 Å². The Morgan fingerprint density at radius 2 is 0.852 bits per heavy atom. The van der Waals surface area contributed by atoms with Crippen LogP contribution in [0.1, 0.15) is 27.7 Å². The van der Waals surface area contributed by atoms with Gasteiger partial charge in [0.2, 0.25) is 0 Å². The van der Waals surface area contributed by atoms with Crippen molar-refractivity contribution in [3.8, 4) is 11.1 Å². The second-order valence-corrected chi connectivity index (χ2v) is 12.4. The molecule has 5 rings (SSSR count). The van der Waals surface area contributed by atoms with Crippen LogP contribution >= 0.6 is 10.0 Å². The maximum Gasteiger partial charge on any atom is 0.00312 e. The third-order valence-corrected chi connectivity index (χ3v) is 11.3. The smallest absolute Gasteiger partial charge is 0.00312 e. The highest BCUT2D eigenvalue weighted by atomic mass is 32.3. The molecule has 0 nitrogen and oxygen atoms in total. The summed E-state index contributed by atoms with van der Waals surface area (Å²) in [4.78, 5) is 3.19. The molecule has 27 heavy (non-hydrogen) atoms. The van der Waals surface area contributed by atoms with Crippen LogP contribution in [0, 0.1) is 0 Å². The summed E-state index contributed by atoms with van der Waals surface area (Å²) in [6, 6.07) is 27.5. The SMILES string of the molecule is CC(C)S1(C(C)C)c2cc3ccccc3cc2-c2cc3ccccc3cc21. The third kappa shape index (κ3) is 2.18. The molecule has 0 saturated carbocycles. The van der Waals surface area contributed by atoms with Crippen LogP contribution in [0.15, 0.2) is 82.6 Å². The Hall–Kier alpha value is -2.25. The van der Waals surface area contributed by atoms with Crippen molar-refractivity contribution >= 4 is 31.6 Å². The molecule has 4 aromatic rings. The van der Waals surface area contributed by atoms with Gasteiger partial charge in [-0.2, -0.15) is 10.0 Å². The van der Waals surface area contributed by atoms with E-state index in [1.54, 1.807) is 9.79 Å². The van der Waals surface area contributed by atoms with Crippen LogP contribution in [0.25, 0.3) is 32.7 Å². The van der Waals surface area contributed by atoms with Crippen LogP contribution in [0.4, 0.5) is 0 Å². The van der Waals surface area contributed by atoms with Gasteiger partial charge in [0, 0.05) is 9.79 Å². The van der Waals surface area contributed by atoms with Gasteiger partial charge in [0.25, 0.3) is 0 Å². The molecule has 0 aliphatic carbocycles. The van der Waals surface area contributed by atoms with E-state index in [1.165, 1.54) is 32.7 Å². The van der Waals surface area contributed by atoms with E-state index in [0.717, 1.165) is 0 Å². The van der Waals surface area contributed by atoms with Crippen molar-refractivity contribution < 1.29 is 0 Å². The summed E-state index contributed by atoms with van der Waals surface area (Å²) in [5.41, 5.74) is 2.93. The van der Waals surface area contributed by atoms with Gasteiger partial charge in [-0.25, -0.2) is 0 Å². The van der Waals surface area contributed by atoms with Gasteiger partial charge in [0.05, 0.1) is 0 Å². The second-order valence-electron chi connectivity index (χ2n) is 8.20. The lowest BCUT2D eigenvalue weighted by Crippen LogP contribution is -2.20. The standard InChI is InChI=1S/C26H26S/c1-17(2)27(18(3)4)25-15-21-11-7-5-9-19(21)13-23(25)24-14-20-10-6-8-12-22(20)16-26(24)27/h5-18H,1-4H3. The number of fused-ring (bicyclic) bond motifs is 5. The van der Waals surface area contributed by atoms with E-state index in [4.69, 9.17) is 0 Å². The fourth-order valence-corrected chi connectivity index (χ4v) is 10.2. The predicted octanol–water partition coefficient (Wildman–Crippen LogP) is 8.01. The van der Waals surface area contributed by atoms with Crippen LogP contribution < -0.4 is 0 Å². The van der Waals surface area contributed by atoms with Gasteiger partial charge in [-0.15, -0.1) is 0 Å². The van der Waals surface area contributed by atoms with Crippen molar-refractivity contribution in [2.45, 2.75) is 48.0 Å². The largest absolute Gasteiger partial charge is 0.182 e. The van der Waals surface area contributed by atoms with Crippen LogP contribution in [0.3, 0.4) is 0 Å². The molecule has 1 heteroatoms. The summed E-state index contributed by atoms with van der Waals surface area (Å²) in [6.07, 6.45) is 0. The van der Waals surface area contributed by atoms with Gasteiger partial charge in [-0.1, -0.05) is 76.2 Å². The molecule has 4 aromatic carbocycles. The van der Waals surface area contributed by atoms with Crippen molar-refractivity contribution in [1.29, 1.82) is 0 Å². The minimum absolute atomic E-state index is 0.611. The van der Waals surface area contributed by atoms with Crippen molar-refractivity contribution in [3.05, 3.63) is 72.8 Å². The molecule has 0 unspecified atom stereocenters. The topological polar surface area (TPSA) is 0 Å². The minimum atomic E-state index is -1.10. The molecular formula is C26H26S. The predicted molar refractivity (Wildman–Crippen MR) is 121 cm³/mol. The molecule has 0 spiro atoms. The maximum absolute atomic E-state index is 2.50. The maximum atomic E-state index is 2.50. The summed E-state index contributed by atoms with van der Waals surface area (Å²) < 4.78 is 0. The molecule has 0 bridgehead atoms. The molecule has 1 aliphatic heterocycles. The first kappa shape index (κ1) is 16.9. The molecule has 0 fully saturated rings. The van der Waals surface area contributed by atoms with Crippen molar-refractivity contribution in [3.63, 3.8) is 0 Å². The Morgan fingerprint density at radius 3 is 1.19 bits per heavy atom. The third-order valence-electron chi connectivity index (χ3n) is 6.20. The highest BCUT2D eigenvalue weighted by molar-refractivity contribution is 8.35. The number of hydrogen-bond donors (Lipinski definition) is 0. The Balaban J connectivity index is 1.97. The summed E-state index contributed by atoms with van der Waals surface area (Å²) in [5.74, 6) is 0.